The van der Waals surface area contributed by atoms with Gasteiger partial charge in [0.05, 0.1) is 0 Å². The maximum atomic E-state index is 11.9. The zero-order chi connectivity index (χ0) is 14.6. The number of anilines is 1. The van der Waals surface area contributed by atoms with Gasteiger partial charge in [0.25, 0.3) is 0 Å². The number of nitrogens with two attached hydrogens (primary N) is 1. The molecule has 108 valence electrons. The Labute approximate surface area is 120 Å². The fraction of sp³-hybridized carbons (Fsp3) is 0.438. The van der Waals surface area contributed by atoms with Crippen LogP contribution in [0.1, 0.15) is 24.8 Å². The third-order valence-corrected chi connectivity index (χ3v) is 4.16. The number of carbonyl (C=O) groups is 1. The molecule has 20 heavy (non-hydrogen) atoms. The first-order chi connectivity index (χ1) is 9.52. The maximum Gasteiger partial charge on any atom is 0.244 e. The summed E-state index contributed by atoms with van der Waals surface area (Å²) in [7, 11) is 4.15. The van der Waals surface area contributed by atoms with Crippen molar-refractivity contribution in [1.29, 1.82) is 0 Å². The molecule has 1 fully saturated rings. The highest BCUT2D eigenvalue weighted by Crippen LogP contribution is 2.35. The van der Waals surface area contributed by atoms with Crippen molar-refractivity contribution >= 4 is 17.7 Å². The van der Waals surface area contributed by atoms with Crippen LogP contribution in [0.5, 0.6) is 0 Å². The van der Waals surface area contributed by atoms with E-state index in [1.807, 2.05) is 24.3 Å². The molecule has 0 saturated heterocycles. The molecule has 0 atom stereocenters. The molecule has 1 aliphatic carbocycles. The molecular formula is C16H23N3O. The SMILES string of the molecule is CN(C)C1(CNC(=O)/C=C/c2cccc(N)c2)CCC1. The second-order valence-electron chi connectivity index (χ2n) is 5.69. The number of likely N-dealkylation sites (N-methyl/N-ethyl adjacent to an activating group) is 1. The van der Waals surface area contributed by atoms with Crippen LogP contribution in [0.4, 0.5) is 5.69 Å². The molecule has 3 N–H and O–H groups in total. The van der Waals surface area contributed by atoms with E-state index < -0.39 is 0 Å². The molecule has 0 spiro atoms. The molecule has 0 bridgehead atoms. The highest BCUT2D eigenvalue weighted by Gasteiger charge is 2.38. The van der Waals surface area contributed by atoms with Gasteiger partial charge in [-0.3, -0.25) is 4.79 Å². The fourth-order valence-corrected chi connectivity index (χ4v) is 2.51. The summed E-state index contributed by atoms with van der Waals surface area (Å²) in [5.74, 6) is -0.0550. The lowest BCUT2D eigenvalue weighted by molar-refractivity contribution is -0.117. The Morgan fingerprint density at radius 1 is 1.45 bits per heavy atom. The van der Waals surface area contributed by atoms with Gasteiger partial charge in [0.1, 0.15) is 0 Å². The Balaban J connectivity index is 1.86. The Bertz CT molecular complexity index is 504. The number of hydrogen-bond acceptors (Lipinski definition) is 3. The van der Waals surface area contributed by atoms with Crippen molar-refractivity contribution in [3.05, 3.63) is 35.9 Å². The number of carbonyl (C=O) groups excluding carboxylic acids is 1. The predicted molar refractivity (Wildman–Crippen MR) is 83.2 cm³/mol. The van der Waals surface area contributed by atoms with Gasteiger partial charge in [0.2, 0.25) is 5.91 Å². The minimum Gasteiger partial charge on any atom is -0.399 e. The van der Waals surface area contributed by atoms with Gasteiger partial charge >= 0.3 is 0 Å². The smallest absolute Gasteiger partial charge is 0.244 e. The van der Waals surface area contributed by atoms with Crippen LogP contribution in [0.2, 0.25) is 0 Å². The lowest BCUT2D eigenvalue weighted by atomic mass is 9.75. The normalized spacial score (nSPS) is 17.1. The monoisotopic (exact) mass is 273 g/mol. The summed E-state index contributed by atoms with van der Waals surface area (Å²) in [5, 5.41) is 2.99. The molecule has 4 nitrogen and oxygen atoms in total. The van der Waals surface area contributed by atoms with Crippen LogP contribution in [0.3, 0.4) is 0 Å². The van der Waals surface area contributed by atoms with Crippen LogP contribution < -0.4 is 11.1 Å². The highest BCUT2D eigenvalue weighted by molar-refractivity contribution is 5.91. The van der Waals surface area contributed by atoms with Crippen molar-refractivity contribution < 1.29 is 4.79 Å². The number of nitrogens with zero attached hydrogens (tertiary/aromatic N) is 1. The Morgan fingerprint density at radius 3 is 2.75 bits per heavy atom. The van der Waals surface area contributed by atoms with E-state index in [0.717, 1.165) is 18.4 Å². The molecule has 4 heteroatoms. The lowest BCUT2D eigenvalue weighted by Crippen LogP contribution is -2.57. The van der Waals surface area contributed by atoms with E-state index in [0.29, 0.717) is 12.2 Å². The topological polar surface area (TPSA) is 58.4 Å². The van der Waals surface area contributed by atoms with E-state index >= 15 is 0 Å². The molecule has 0 aromatic heterocycles. The number of nitrogen functional groups attached to an aromatic ring is 1. The highest BCUT2D eigenvalue weighted by atomic mass is 16.1. The molecule has 2 rings (SSSR count). The summed E-state index contributed by atoms with van der Waals surface area (Å²) in [6.45, 7) is 0.708. The molecule has 0 heterocycles. The van der Waals surface area contributed by atoms with E-state index in [-0.39, 0.29) is 11.4 Å². The quantitative estimate of drug-likeness (QED) is 0.636. The van der Waals surface area contributed by atoms with Gasteiger partial charge in [-0.1, -0.05) is 12.1 Å². The second-order valence-corrected chi connectivity index (χ2v) is 5.69. The molecular weight excluding hydrogens is 250 g/mol. The zero-order valence-electron chi connectivity index (χ0n) is 12.2. The molecule has 1 aliphatic rings. The molecule has 0 radical (unpaired) electrons. The van der Waals surface area contributed by atoms with Gasteiger partial charge in [-0.2, -0.15) is 0 Å². The predicted octanol–water partition coefficient (Wildman–Crippen LogP) is 1.88. The van der Waals surface area contributed by atoms with Crippen molar-refractivity contribution in [2.24, 2.45) is 0 Å². The van der Waals surface area contributed by atoms with Gasteiger partial charge in [-0.15, -0.1) is 0 Å². The Hall–Kier alpha value is -1.81. The van der Waals surface area contributed by atoms with E-state index in [1.54, 1.807) is 12.2 Å². The van der Waals surface area contributed by atoms with Gasteiger partial charge in [-0.25, -0.2) is 0 Å². The van der Waals surface area contributed by atoms with Crippen LogP contribution in [0, 0.1) is 0 Å². The van der Waals surface area contributed by atoms with E-state index in [1.165, 1.54) is 6.42 Å². The van der Waals surface area contributed by atoms with Crippen molar-refractivity contribution in [3.8, 4) is 0 Å². The zero-order valence-corrected chi connectivity index (χ0v) is 12.2. The Morgan fingerprint density at radius 2 is 2.20 bits per heavy atom. The van der Waals surface area contributed by atoms with Crippen LogP contribution in [-0.2, 0) is 4.79 Å². The van der Waals surface area contributed by atoms with E-state index in [4.69, 9.17) is 5.73 Å². The summed E-state index contributed by atoms with van der Waals surface area (Å²) in [5.41, 5.74) is 7.49. The Kier molecular flexibility index (Phi) is 4.45. The number of hydrogen-bond donors (Lipinski definition) is 2. The fourth-order valence-electron chi connectivity index (χ4n) is 2.51. The first-order valence-corrected chi connectivity index (χ1v) is 7.01. The largest absolute Gasteiger partial charge is 0.399 e. The number of nitrogens with one attached hydrogen (secondary N) is 1. The third kappa shape index (κ3) is 3.39. The molecule has 1 aromatic carbocycles. The summed E-state index contributed by atoms with van der Waals surface area (Å²) < 4.78 is 0. The molecule has 0 unspecified atom stereocenters. The van der Waals surface area contributed by atoms with Gasteiger partial charge in [-0.05, 0) is 57.1 Å². The molecule has 1 aromatic rings. The summed E-state index contributed by atoms with van der Waals surface area (Å²) in [4.78, 5) is 14.1. The van der Waals surface area contributed by atoms with Crippen molar-refractivity contribution in [2.75, 3.05) is 26.4 Å². The molecule has 0 aliphatic heterocycles. The standard InChI is InChI=1S/C16H23N3O/c1-19(2)16(9-4-10-16)12-18-15(20)8-7-13-5-3-6-14(17)11-13/h3,5-8,11H,4,9-10,12,17H2,1-2H3,(H,18,20)/b8-7+. The van der Waals surface area contributed by atoms with Gasteiger partial charge in [0, 0.05) is 23.8 Å². The summed E-state index contributed by atoms with van der Waals surface area (Å²) >= 11 is 0. The van der Waals surface area contributed by atoms with Crippen molar-refractivity contribution in [2.45, 2.75) is 24.8 Å². The average molecular weight is 273 g/mol. The van der Waals surface area contributed by atoms with Crippen LogP contribution in [0.25, 0.3) is 6.08 Å². The summed E-state index contributed by atoms with van der Waals surface area (Å²) in [6, 6.07) is 7.47. The van der Waals surface area contributed by atoms with Crippen LogP contribution in [-0.4, -0.2) is 37.0 Å². The first-order valence-electron chi connectivity index (χ1n) is 7.01. The van der Waals surface area contributed by atoms with E-state index in [9.17, 15) is 4.79 Å². The van der Waals surface area contributed by atoms with Crippen molar-refractivity contribution in [3.63, 3.8) is 0 Å². The molecule has 1 amide bonds. The van der Waals surface area contributed by atoms with E-state index in [2.05, 4.69) is 24.3 Å². The minimum atomic E-state index is -0.0550. The maximum absolute atomic E-state index is 11.9. The molecule has 1 saturated carbocycles. The number of benzene rings is 1. The average Bonchev–Trinajstić information content (AvgIpc) is 2.34. The third-order valence-electron chi connectivity index (χ3n) is 4.16. The number of rotatable bonds is 5. The minimum absolute atomic E-state index is 0.0550. The number of amides is 1. The van der Waals surface area contributed by atoms with Gasteiger partial charge in [0.15, 0.2) is 0 Å². The first kappa shape index (κ1) is 14.6. The van der Waals surface area contributed by atoms with Crippen molar-refractivity contribution in [1.82, 2.24) is 10.2 Å². The summed E-state index contributed by atoms with van der Waals surface area (Å²) in [6.07, 6.45) is 6.90. The van der Waals surface area contributed by atoms with Crippen LogP contribution >= 0.6 is 0 Å². The van der Waals surface area contributed by atoms with Crippen LogP contribution in [0.15, 0.2) is 30.3 Å². The second kappa shape index (κ2) is 6.09. The van der Waals surface area contributed by atoms with Gasteiger partial charge < -0.3 is 16.0 Å². The lowest BCUT2D eigenvalue weighted by Gasteiger charge is -2.47.